The Labute approximate surface area is 141 Å². The lowest BCUT2D eigenvalue weighted by Gasteiger charge is -2.27. The van der Waals surface area contributed by atoms with Crippen molar-refractivity contribution in [2.24, 2.45) is 0 Å². The topological polar surface area (TPSA) is 108 Å². The van der Waals surface area contributed by atoms with Gasteiger partial charge >= 0.3 is 11.9 Å². The van der Waals surface area contributed by atoms with Crippen molar-refractivity contribution in [3.05, 3.63) is 23.8 Å². The molecule has 0 bridgehead atoms. The van der Waals surface area contributed by atoms with Gasteiger partial charge in [0, 0.05) is 32.7 Å². The number of carbonyl (C=O) groups is 2. The molecule has 1 aliphatic rings. The zero-order valence-electron chi connectivity index (χ0n) is 13.9. The van der Waals surface area contributed by atoms with Crippen LogP contribution in [0.5, 0.6) is 11.5 Å². The highest BCUT2D eigenvalue weighted by molar-refractivity contribution is 6.27. The number of hydrogen-bond donors (Lipinski definition) is 3. The molecule has 1 saturated heterocycles. The quantitative estimate of drug-likeness (QED) is 0.663. The Bertz CT molecular complexity index is 531. The van der Waals surface area contributed by atoms with Crippen molar-refractivity contribution in [2.45, 2.75) is 6.92 Å². The first-order valence-electron chi connectivity index (χ1n) is 7.60. The summed E-state index contributed by atoms with van der Waals surface area (Å²) in [5, 5.41) is 18.1. The van der Waals surface area contributed by atoms with Crippen LogP contribution in [-0.4, -0.2) is 73.5 Å². The fourth-order valence-electron chi connectivity index (χ4n) is 2.11. The Morgan fingerprint density at radius 3 is 2.33 bits per heavy atom. The van der Waals surface area contributed by atoms with E-state index in [1.165, 1.54) is 5.56 Å². The van der Waals surface area contributed by atoms with E-state index in [1.807, 2.05) is 25.1 Å². The summed E-state index contributed by atoms with van der Waals surface area (Å²) in [6, 6.07) is 6.02. The molecule has 0 aliphatic carbocycles. The smallest absolute Gasteiger partial charge is 0.414 e. The molecule has 1 fully saturated rings. The SMILES string of the molecule is COc1cc(C)ccc1OCCN1CCNCC1.O=C(O)C(=O)O. The van der Waals surface area contributed by atoms with E-state index in [0.29, 0.717) is 6.61 Å². The highest BCUT2D eigenvalue weighted by Crippen LogP contribution is 2.27. The molecule has 8 heteroatoms. The van der Waals surface area contributed by atoms with E-state index >= 15 is 0 Å². The van der Waals surface area contributed by atoms with Crippen LogP contribution in [0.3, 0.4) is 0 Å². The van der Waals surface area contributed by atoms with Crippen LogP contribution in [0.4, 0.5) is 0 Å². The summed E-state index contributed by atoms with van der Waals surface area (Å²) in [6.07, 6.45) is 0. The minimum Gasteiger partial charge on any atom is -0.493 e. The molecule has 134 valence electrons. The van der Waals surface area contributed by atoms with Gasteiger partial charge in [0.05, 0.1) is 7.11 Å². The van der Waals surface area contributed by atoms with Gasteiger partial charge in [0.25, 0.3) is 0 Å². The van der Waals surface area contributed by atoms with Crippen LogP contribution in [0, 0.1) is 6.92 Å². The molecule has 0 amide bonds. The maximum atomic E-state index is 9.10. The van der Waals surface area contributed by atoms with Crippen molar-refractivity contribution in [3.8, 4) is 11.5 Å². The normalized spacial score (nSPS) is 14.2. The van der Waals surface area contributed by atoms with Crippen LogP contribution in [0.25, 0.3) is 0 Å². The molecule has 1 aromatic rings. The molecular weight excluding hydrogens is 316 g/mol. The third kappa shape index (κ3) is 7.30. The second-order valence-corrected chi connectivity index (χ2v) is 5.20. The summed E-state index contributed by atoms with van der Waals surface area (Å²) in [5.74, 6) is -2.00. The molecule has 0 radical (unpaired) electrons. The Kier molecular flexibility index (Phi) is 8.59. The largest absolute Gasteiger partial charge is 0.493 e. The Morgan fingerprint density at radius 1 is 1.17 bits per heavy atom. The number of ether oxygens (including phenoxy) is 2. The number of carboxylic acids is 2. The van der Waals surface area contributed by atoms with Gasteiger partial charge in [0.1, 0.15) is 6.61 Å². The maximum Gasteiger partial charge on any atom is 0.414 e. The number of nitrogens with zero attached hydrogens (tertiary/aromatic N) is 1. The summed E-state index contributed by atoms with van der Waals surface area (Å²) < 4.78 is 11.1. The van der Waals surface area contributed by atoms with Gasteiger partial charge in [-0.3, -0.25) is 4.90 Å². The van der Waals surface area contributed by atoms with Crippen molar-refractivity contribution in [3.63, 3.8) is 0 Å². The number of aryl methyl sites for hydroxylation is 1. The number of carboxylic acid groups (broad SMARTS) is 2. The monoisotopic (exact) mass is 340 g/mol. The van der Waals surface area contributed by atoms with Crippen molar-refractivity contribution in [2.75, 3.05) is 46.4 Å². The fraction of sp³-hybridized carbons (Fsp3) is 0.500. The Hall–Kier alpha value is -2.32. The van der Waals surface area contributed by atoms with Gasteiger partial charge in [-0.1, -0.05) is 6.07 Å². The van der Waals surface area contributed by atoms with E-state index in [1.54, 1.807) is 7.11 Å². The van der Waals surface area contributed by atoms with Crippen molar-refractivity contribution >= 4 is 11.9 Å². The molecule has 3 N–H and O–H groups in total. The van der Waals surface area contributed by atoms with Crippen LogP contribution in [-0.2, 0) is 9.59 Å². The Morgan fingerprint density at radius 2 is 1.79 bits per heavy atom. The molecule has 0 unspecified atom stereocenters. The third-order valence-electron chi connectivity index (χ3n) is 3.38. The number of rotatable bonds is 5. The summed E-state index contributed by atoms with van der Waals surface area (Å²) >= 11 is 0. The first-order valence-corrected chi connectivity index (χ1v) is 7.60. The second kappa shape index (κ2) is 10.5. The fourth-order valence-corrected chi connectivity index (χ4v) is 2.11. The first-order chi connectivity index (χ1) is 11.4. The third-order valence-corrected chi connectivity index (χ3v) is 3.38. The van der Waals surface area contributed by atoms with Crippen molar-refractivity contribution < 1.29 is 29.3 Å². The minimum atomic E-state index is -1.82. The average molecular weight is 340 g/mol. The van der Waals surface area contributed by atoms with Gasteiger partial charge in [-0.05, 0) is 24.6 Å². The summed E-state index contributed by atoms with van der Waals surface area (Å²) in [6.45, 7) is 8.09. The van der Waals surface area contributed by atoms with Gasteiger partial charge in [-0.15, -0.1) is 0 Å². The molecule has 8 nitrogen and oxygen atoms in total. The van der Waals surface area contributed by atoms with E-state index in [2.05, 4.69) is 10.2 Å². The Balaban J connectivity index is 0.000000413. The summed E-state index contributed by atoms with van der Waals surface area (Å²) in [5.41, 5.74) is 1.18. The van der Waals surface area contributed by atoms with Gasteiger partial charge in [-0.25, -0.2) is 9.59 Å². The average Bonchev–Trinajstić information content (AvgIpc) is 2.57. The molecule has 1 heterocycles. The van der Waals surface area contributed by atoms with E-state index < -0.39 is 11.9 Å². The van der Waals surface area contributed by atoms with E-state index in [4.69, 9.17) is 29.3 Å². The van der Waals surface area contributed by atoms with Gasteiger partial charge in [0.2, 0.25) is 0 Å². The summed E-state index contributed by atoms with van der Waals surface area (Å²) in [7, 11) is 1.68. The molecule has 0 spiro atoms. The maximum absolute atomic E-state index is 9.10. The molecule has 0 aromatic heterocycles. The van der Waals surface area contributed by atoms with E-state index in [9.17, 15) is 0 Å². The molecular formula is C16H24N2O6. The lowest BCUT2D eigenvalue weighted by Crippen LogP contribution is -2.44. The standard InChI is InChI=1S/C14H22N2O2.C2H2O4/c1-12-3-4-13(14(11-12)17-2)18-10-9-16-7-5-15-6-8-16;3-1(4)2(5)6/h3-4,11,15H,5-10H2,1-2H3;(H,3,4)(H,5,6). The lowest BCUT2D eigenvalue weighted by atomic mass is 10.2. The number of nitrogens with one attached hydrogen (secondary N) is 1. The van der Waals surface area contributed by atoms with Crippen LogP contribution in [0.15, 0.2) is 18.2 Å². The molecule has 2 rings (SSSR count). The van der Waals surface area contributed by atoms with Crippen LogP contribution < -0.4 is 14.8 Å². The predicted molar refractivity (Wildman–Crippen MR) is 87.8 cm³/mol. The van der Waals surface area contributed by atoms with Crippen molar-refractivity contribution in [1.29, 1.82) is 0 Å². The molecule has 1 aliphatic heterocycles. The second-order valence-electron chi connectivity index (χ2n) is 5.20. The molecule has 24 heavy (non-hydrogen) atoms. The highest BCUT2D eigenvalue weighted by Gasteiger charge is 2.10. The van der Waals surface area contributed by atoms with Crippen LogP contribution in [0.2, 0.25) is 0 Å². The van der Waals surface area contributed by atoms with Crippen molar-refractivity contribution in [1.82, 2.24) is 10.2 Å². The number of aliphatic carboxylic acids is 2. The molecule has 0 atom stereocenters. The minimum absolute atomic E-state index is 0.708. The number of piperazine rings is 1. The highest BCUT2D eigenvalue weighted by atomic mass is 16.5. The van der Waals surface area contributed by atoms with Gasteiger partial charge < -0.3 is 25.0 Å². The molecule has 1 aromatic carbocycles. The first kappa shape index (κ1) is 19.7. The summed E-state index contributed by atoms with van der Waals surface area (Å²) in [4.78, 5) is 20.6. The zero-order valence-corrected chi connectivity index (χ0v) is 13.9. The van der Waals surface area contributed by atoms with E-state index in [-0.39, 0.29) is 0 Å². The lowest BCUT2D eigenvalue weighted by molar-refractivity contribution is -0.159. The van der Waals surface area contributed by atoms with Gasteiger partial charge in [0.15, 0.2) is 11.5 Å². The van der Waals surface area contributed by atoms with Gasteiger partial charge in [-0.2, -0.15) is 0 Å². The predicted octanol–water partition coefficient (Wildman–Crippen LogP) is 0.443. The molecule has 0 saturated carbocycles. The van der Waals surface area contributed by atoms with E-state index in [0.717, 1.165) is 44.2 Å². The van der Waals surface area contributed by atoms with Crippen LogP contribution in [0.1, 0.15) is 5.56 Å². The van der Waals surface area contributed by atoms with Crippen LogP contribution >= 0.6 is 0 Å². The number of benzene rings is 1. The zero-order chi connectivity index (χ0) is 17.9. The number of hydrogen-bond acceptors (Lipinski definition) is 6. The number of methoxy groups -OCH3 is 1.